The van der Waals surface area contributed by atoms with Gasteiger partial charge in [0.05, 0.1) is 38.7 Å². The molecule has 5 rings (SSSR count). The number of tetrazole rings is 1. The number of aryl methyl sites for hydroxylation is 1. The van der Waals surface area contributed by atoms with E-state index in [1.165, 1.54) is 40.1 Å². The van der Waals surface area contributed by atoms with E-state index < -0.39 is 35.5 Å². The average molecular weight is 656 g/mol. The second kappa shape index (κ2) is 14.5. The minimum Gasteiger partial charge on any atom is -0.383 e. The number of likely N-dealkylation sites (N-methyl/N-ethyl adjacent to an activating group) is 1. The van der Waals surface area contributed by atoms with Crippen LogP contribution in [0.3, 0.4) is 0 Å². The van der Waals surface area contributed by atoms with Crippen LogP contribution >= 0.6 is 11.3 Å². The zero-order valence-corrected chi connectivity index (χ0v) is 26.0. The molecule has 5 aromatic rings. The van der Waals surface area contributed by atoms with Gasteiger partial charge in [-0.2, -0.15) is 0 Å². The van der Waals surface area contributed by atoms with Crippen molar-refractivity contribution in [3.8, 4) is 10.4 Å². The molecular weight excluding hydrogens is 624 g/mol. The predicted molar refractivity (Wildman–Crippen MR) is 166 cm³/mol. The molecule has 242 valence electrons. The van der Waals surface area contributed by atoms with E-state index >= 15 is 0 Å². The van der Waals surface area contributed by atoms with Crippen LogP contribution in [0, 0.1) is 11.6 Å². The third kappa shape index (κ3) is 7.02. The lowest BCUT2D eigenvalue weighted by molar-refractivity contribution is 0.114. The monoisotopic (exact) mass is 655 g/mol. The summed E-state index contributed by atoms with van der Waals surface area (Å²) in [7, 11) is 4.77. The summed E-state index contributed by atoms with van der Waals surface area (Å²) < 4.78 is 38.7. The van der Waals surface area contributed by atoms with E-state index in [1.54, 1.807) is 31.4 Å². The molecule has 0 aliphatic carbocycles. The van der Waals surface area contributed by atoms with Gasteiger partial charge in [-0.1, -0.05) is 18.2 Å². The van der Waals surface area contributed by atoms with E-state index in [0.717, 1.165) is 16.7 Å². The molecule has 0 bridgehead atoms. The lowest BCUT2D eigenvalue weighted by Crippen LogP contribution is -2.41. The zero-order chi connectivity index (χ0) is 32.8. The number of amides is 2. The molecule has 0 atom stereocenters. The molecule has 0 aliphatic rings. The fourth-order valence-corrected chi connectivity index (χ4v) is 6.22. The van der Waals surface area contributed by atoms with E-state index in [1.807, 2.05) is 11.9 Å². The Morgan fingerprint density at radius 1 is 1.02 bits per heavy atom. The minimum atomic E-state index is -0.816. The molecule has 0 spiro atoms. The highest BCUT2D eigenvalue weighted by Crippen LogP contribution is 2.38. The third-order valence-corrected chi connectivity index (χ3v) is 8.49. The Labute approximate surface area is 264 Å². The van der Waals surface area contributed by atoms with Crippen molar-refractivity contribution in [3.05, 3.63) is 92.4 Å². The summed E-state index contributed by atoms with van der Waals surface area (Å²) in [6, 6.07) is 9.80. The number of hydrogen-bond donors (Lipinski definition) is 2. The number of ether oxygens (including phenoxy) is 1. The van der Waals surface area contributed by atoms with Gasteiger partial charge in [0.2, 0.25) is 0 Å². The molecule has 0 saturated heterocycles. The van der Waals surface area contributed by atoms with Gasteiger partial charge >= 0.3 is 11.7 Å². The Kier molecular flexibility index (Phi) is 10.3. The van der Waals surface area contributed by atoms with Gasteiger partial charge in [-0.3, -0.25) is 23.7 Å². The van der Waals surface area contributed by atoms with Gasteiger partial charge in [0.25, 0.3) is 5.56 Å². The zero-order valence-electron chi connectivity index (χ0n) is 25.2. The summed E-state index contributed by atoms with van der Waals surface area (Å²) >= 11 is 1.17. The van der Waals surface area contributed by atoms with Gasteiger partial charge in [-0.05, 0) is 52.9 Å². The predicted octanol–water partition coefficient (Wildman–Crippen LogP) is 2.67. The van der Waals surface area contributed by atoms with Crippen molar-refractivity contribution in [2.75, 3.05) is 39.7 Å². The number of aromatic nitrogens is 6. The number of fused-ring (bicyclic) bond motifs is 1. The van der Waals surface area contributed by atoms with Crippen LogP contribution in [0.2, 0.25) is 0 Å². The fraction of sp³-hybridized carbons (Fsp3) is 0.310. The van der Waals surface area contributed by atoms with Gasteiger partial charge in [0, 0.05) is 36.3 Å². The van der Waals surface area contributed by atoms with E-state index in [2.05, 4.69) is 31.2 Å². The van der Waals surface area contributed by atoms with Gasteiger partial charge in [-0.15, -0.1) is 16.4 Å². The highest BCUT2D eigenvalue weighted by atomic mass is 32.1. The first-order valence-electron chi connectivity index (χ1n) is 14.0. The van der Waals surface area contributed by atoms with Crippen molar-refractivity contribution >= 4 is 33.3 Å². The molecule has 2 N–H and O–H groups in total. The standard InChI is InChI=1S/C29H31F2N9O5S/c1-37(13-14-44-2)15-21-24-26(41)39(12-11-38-17-32-35-36-38)29(43)40(16-20-22(30)5-4-6-23(20)31)27(24)46-25(21)18-7-9-19(10-8-18)33-28(42)34-45-3/h4-10,17H,11-16H2,1-3H3,(H2,33,34,42). The van der Waals surface area contributed by atoms with Crippen LogP contribution < -0.4 is 22.0 Å². The number of thiophene rings is 1. The third-order valence-electron chi connectivity index (χ3n) is 7.18. The number of carbonyl (C=O) groups is 1. The van der Waals surface area contributed by atoms with Crippen LogP contribution in [0.5, 0.6) is 0 Å². The number of urea groups is 1. The Morgan fingerprint density at radius 2 is 1.76 bits per heavy atom. The quantitative estimate of drug-likeness (QED) is 0.183. The molecule has 0 radical (unpaired) electrons. The number of hydrogen-bond acceptors (Lipinski definition) is 10. The largest absolute Gasteiger partial charge is 0.383 e. The maximum Gasteiger partial charge on any atom is 0.343 e. The van der Waals surface area contributed by atoms with Crippen LogP contribution in [0.25, 0.3) is 20.7 Å². The molecule has 3 aromatic heterocycles. The summed E-state index contributed by atoms with van der Waals surface area (Å²) in [6.07, 6.45) is 1.35. The molecule has 0 unspecified atom stereocenters. The Hall–Kier alpha value is -4.84. The Bertz CT molecular complexity index is 1920. The number of benzene rings is 2. The molecule has 0 saturated carbocycles. The number of hydroxylamine groups is 1. The molecular formula is C29H31F2N9O5S. The van der Waals surface area contributed by atoms with Crippen molar-refractivity contribution in [1.82, 2.24) is 39.7 Å². The SMILES string of the molecule is COCCN(C)Cc1c(-c2ccc(NC(=O)NOC)cc2)sc2c1c(=O)n(CCn1cnnn1)c(=O)n2Cc1c(F)cccc1F. The van der Waals surface area contributed by atoms with Gasteiger partial charge in [-0.25, -0.2) is 28.5 Å². The molecule has 0 fully saturated rings. The normalized spacial score (nSPS) is 11.4. The van der Waals surface area contributed by atoms with Gasteiger partial charge in [0.1, 0.15) is 22.8 Å². The van der Waals surface area contributed by atoms with Crippen molar-refractivity contribution < 1.29 is 23.1 Å². The molecule has 17 heteroatoms. The second-order valence-corrected chi connectivity index (χ2v) is 11.3. The molecule has 14 nitrogen and oxygen atoms in total. The molecule has 46 heavy (non-hydrogen) atoms. The number of anilines is 1. The second-order valence-electron chi connectivity index (χ2n) is 10.3. The smallest absolute Gasteiger partial charge is 0.343 e. The summed E-state index contributed by atoms with van der Waals surface area (Å²) in [5, 5.41) is 13.9. The van der Waals surface area contributed by atoms with Gasteiger partial charge in [0.15, 0.2) is 0 Å². The van der Waals surface area contributed by atoms with Crippen molar-refractivity contribution in [2.45, 2.75) is 26.2 Å². The highest BCUT2D eigenvalue weighted by Gasteiger charge is 2.25. The fourth-order valence-electron chi connectivity index (χ4n) is 4.91. The topological polar surface area (TPSA) is 150 Å². The van der Waals surface area contributed by atoms with Crippen molar-refractivity contribution in [3.63, 3.8) is 0 Å². The van der Waals surface area contributed by atoms with E-state index in [9.17, 15) is 23.2 Å². The molecule has 2 aromatic carbocycles. The number of carbonyl (C=O) groups excluding carboxylic acids is 1. The average Bonchev–Trinajstić information content (AvgIpc) is 3.68. The van der Waals surface area contributed by atoms with Crippen molar-refractivity contribution in [2.24, 2.45) is 0 Å². The number of nitrogens with zero attached hydrogens (tertiary/aromatic N) is 7. The lowest BCUT2D eigenvalue weighted by atomic mass is 10.1. The van der Waals surface area contributed by atoms with Crippen LogP contribution in [-0.4, -0.2) is 74.7 Å². The summed E-state index contributed by atoms with van der Waals surface area (Å²) in [6.45, 7) is 0.835. The van der Waals surface area contributed by atoms with Crippen LogP contribution in [-0.2, 0) is 35.8 Å². The summed E-state index contributed by atoms with van der Waals surface area (Å²) in [5.74, 6) is -1.63. The summed E-state index contributed by atoms with van der Waals surface area (Å²) in [4.78, 5) is 47.6. The minimum absolute atomic E-state index is 0.0908. The van der Waals surface area contributed by atoms with E-state index in [-0.39, 0.29) is 28.9 Å². The highest BCUT2D eigenvalue weighted by molar-refractivity contribution is 7.22. The Balaban J connectivity index is 1.71. The number of rotatable bonds is 13. The maximum atomic E-state index is 14.9. The molecule has 2 amide bonds. The first-order valence-corrected chi connectivity index (χ1v) is 14.8. The molecule has 0 aliphatic heterocycles. The number of halogens is 2. The van der Waals surface area contributed by atoms with E-state index in [0.29, 0.717) is 41.4 Å². The Morgan fingerprint density at radius 3 is 2.41 bits per heavy atom. The van der Waals surface area contributed by atoms with Crippen molar-refractivity contribution in [1.29, 1.82) is 0 Å². The number of nitrogens with one attached hydrogen (secondary N) is 2. The first kappa shape index (κ1) is 32.6. The van der Waals surface area contributed by atoms with Crippen LogP contribution in [0.4, 0.5) is 19.3 Å². The number of methoxy groups -OCH3 is 1. The van der Waals surface area contributed by atoms with Gasteiger partial charge < -0.3 is 10.1 Å². The maximum absolute atomic E-state index is 14.9. The van der Waals surface area contributed by atoms with Crippen LogP contribution in [0.1, 0.15) is 11.1 Å². The first-order chi connectivity index (χ1) is 22.2. The summed E-state index contributed by atoms with van der Waals surface area (Å²) in [5.41, 5.74) is 2.39. The molecule has 3 heterocycles. The lowest BCUT2D eigenvalue weighted by Gasteiger charge is -2.18. The van der Waals surface area contributed by atoms with E-state index in [4.69, 9.17) is 4.74 Å². The van der Waals surface area contributed by atoms with Crippen LogP contribution in [0.15, 0.2) is 58.4 Å².